The van der Waals surface area contributed by atoms with Crippen molar-refractivity contribution in [3.05, 3.63) is 42.6 Å². The second-order valence-electron chi connectivity index (χ2n) is 7.44. The van der Waals surface area contributed by atoms with Crippen molar-refractivity contribution in [2.45, 2.75) is 51.7 Å². The number of likely N-dealkylation sites (tertiary alicyclic amines) is 1. The number of nitrogens with one attached hydrogen (secondary N) is 3. The summed E-state index contributed by atoms with van der Waals surface area (Å²) < 4.78 is 0. The van der Waals surface area contributed by atoms with Crippen molar-refractivity contribution in [3.8, 4) is 0 Å². The summed E-state index contributed by atoms with van der Waals surface area (Å²) in [5.74, 6) is 0.0723. The van der Waals surface area contributed by atoms with Gasteiger partial charge in [0, 0.05) is 17.9 Å². The Morgan fingerprint density at radius 2 is 1.85 bits per heavy atom. The minimum Gasteiger partial charge on any atom is -0.362 e. The van der Waals surface area contributed by atoms with Crippen LogP contribution in [0.2, 0.25) is 0 Å². The molecule has 0 unspecified atom stereocenters. The van der Waals surface area contributed by atoms with Crippen molar-refractivity contribution in [1.82, 2.24) is 15.5 Å². The summed E-state index contributed by atoms with van der Waals surface area (Å²) in [6, 6.07) is 8.71. The highest BCUT2D eigenvalue weighted by Gasteiger charge is 2.35. The largest absolute Gasteiger partial charge is 0.362 e. The molecule has 1 fully saturated rings. The standard InChI is InChI=1S/C21H32N4O2/c1-14(2)19(24-20(26)15(3)22-5)16(4)25-13-9-12-18(25)21(27)23-17-10-7-6-8-11-17/h6-8,10-11,14-15,18-19,22H,4,9,12-13H2,1-3,5H3,(H,23,27)(H,24,26)/t15-,18-,19-/m0/s1. The van der Waals surface area contributed by atoms with Crippen molar-refractivity contribution in [2.75, 3.05) is 18.9 Å². The first-order chi connectivity index (χ1) is 12.8. The summed E-state index contributed by atoms with van der Waals surface area (Å²) in [5.41, 5.74) is 1.59. The van der Waals surface area contributed by atoms with E-state index in [-0.39, 0.29) is 35.9 Å². The van der Waals surface area contributed by atoms with Crippen molar-refractivity contribution in [1.29, 1.82) is 0 Å². The monoisotopic (exact) mass is 372 g/mol. The lowest BCUT2D eigenvalue weighted by Crippen LogP contribution is -2.51. The molecule has 0 radical (unpaired) electrons. The summed E-state index contributed by atoms with van der Waals surface area (Å²) in [6.07, 6.45) is 1.71. The molecule has 0 aromatic heterocycles. The van der Waals surface area contributed by atoms with Gasteiger partial charge in [0.2, 0.25) is 11.8 Å². The lowest BCUT2D eigenvalue weighted by atomic mass is 9.99. The maximum Gasteiger partial charge on any atom is 0.247 e. The van der Waals surface area contributed by atoms with Gasteiger partial charge in [0.15, 0.2) is 0 Å². The van der Waals surface area contributed by atoms with Crippen LogP contribution < -0.4 is 16.0 Å². The molecule has 1 aliphatic rings. The highest BCUT2D eigenvalue weighted by Crippen LogP contribution is 2.26. The average molecular weight is 373 g/mol. The molecule has 3 atom stereocenters. The van der Waals surface area contributed by atoms with Crippen LogP contribution in [0.25, 0.3) is 0 Å². The third-order valence-corrected chi connectivity index (χ3v) is 5.12. The van der Waals surface area contributed by atoms with Gasteiger partial charge in [-0.05, 0) is 44.9 Å². The Kier molecular flexibility index (Phi) is 7.42. The van der Waals surface area contributed by atoms with Crippen molar-refractivity contribution < 1.29 is 9.59 Å². The van der Waals surface area contributed by atoms with Crippen molar-refractivity contribution in [2.24, 2.45) is 5.92 Å². The Balaban J connectivity index is 2.09. The number of carbonyl (C=O) groups is 2. The number of hydrogen-bond donors (Lipinski definition) is 3. The smallest absolute Gasteiger partial charge is 0.247 e. The molecule has 3 N–H and O–H groups in total. The fourth-order valence-corrected chi connectivity index (χ4v) is 3.35. The molecule has 1 aromatic carbocycles. The fraction of sp³-hybridized carbons (Fsp3) is 0.524. The van der Waals surface area contributed by atoms with Gasteiger partial charge in [-0.15, -0.1) is 0 Å². The van der Waals surface area contributed by atoms with E-state index in [0.717, 1.165) is 30.8 Å². The molecule has 6 heteroatoms. The van der Waals surface area contributed by atoms with Gasteiger partial charge in [0.25, 0.3) is 0 Å². The van der Waals surface area contributed by atoms with E-state index in [1.165, 1.54) is 0 Å². The highest BCUT2D eigenvalue weighted by atomic mass is 16.2. The van der Waals surface area contributed by atoms with Crippen LogP contribution in [0.1, 0.15) is 33.6 Å². The van der Waals surface area contributed by atoms with E-state index >= 15 is 0 Å². The minimum atomic E-state index is -0.283. The van der Waals surface area contributed by atoms with Gasteiger partial charge in [0.1, 0.15) is 6.04 Å². The molecule has 0 bridgehead atoms. The summed E-state index contributed by atoms with van der Waals surface area (Å²) in [5, 5.41) is 9.02. The number of carbonyl (C=O) groups excluding carboxylic acids is 2. The Labute approximate surface area is 162 Å². The molecule has 0 saturated carbocycles. The van der Waals surface area contributed by atoms with E-state index in [1.54, 1.807) is 7.05 Å². The molecule has 1 aliphatic heterocycles. The van der Waals surface area contributed by atoms with E-state index < -0.39 is 0 Å². The first-order valence-corrected chi connectivity index (χ1v) is 9.64. The van der Waals surface area contributed by atoms with Gasteiger partial charge in [-0.1, -0.05) is 38.6 Å². The Bertz CT molecular complexity index is 659. The summed E-state index contributed by atoms with van der Waals surface area (Å²) >= 11 is 0. The van der Waals surface area contributed by atoms with Gasteiger partial charge in [-0.3, -0.25) is 9.59 Å². The quantitative estimate of drug-likeness (QED) is 0.655. The first kappa shape index (κ1) is 21.0. The third-order valence-electron chi connectivity index (χ3n) is 5.12. The van der Waals surface area contributed by atoms with Crippen LogP contribution in [0, 0.1) is 5.92 Å². The molecule has 2 rings (SSSR count). The second kappa shape index (κ2) is 9.55. The van der Waals surface area contributed by atoms with Crippen LogP contribution in [-0.2, 0) is 9.59 Å². The zero-order valence-electron chi connectivity index (χ0n) is 16.8. The average Bonchev–Trinajstić information content (AvgIpc) is 3.15. The number of para-hydroxylation sites is 1. The van der Waals surface area contributed by atoms with Gasteiger partial charge < -0.3 is 20.9 Å². The molecule has 148 valence electrons. The predicted molar refractivity (Wildman–Crippen MR) is 109 cm³/mol. The van der Waals surface area contributed by atoms with Gasteiger partial charge in [-0.25, -0.2) is 0 Å². The molecule has 1 aromatic rings. The van der Waals surface area contributed by atoms with E-state index in [9.17, 15) is 9.59 Å². The van der Waals surface area contributed by atoms with Crippen molar-refractivity contribution in [3.63, 3.8) is 0 Å². The zero-order valence-corrected chi connectivity index (χ0v) is 16.8. The predicted octanol–water partition coefficient (Wildman–Crippen LogP) is 2.35. The summed E-state index contributed by atoms with van der Waals surface area (Å²) in [7, 11) is 1.76. The van der Waals surface area contributed by atoms with Gasteiger partial charge in [0.05, 0.1) is 12.1 Å². The van der Waals surface area contributed by atoms with E-state index in [1.807, 2.05) is 42.2 Å². The number of likely N-dealkylation sites (N-methyl/N-ethyl adjacent to an activating group) is 1. The molecule has 1 saturated heterocycles. The number of hydrogen-bond acceptors (Lipinski definition) is 4. The van der Waals surface area contributed by atoms with Crippen LogP contribution in [-0.4, -0.2) is 48.4 Å². The molecule has 2 amide bonds. The van der Waals surface area contributed by atoms with Crippen LogP contribution in [0.15, 0.2) is 42.6 Å². The van der Waals surface area contributed by atoms with E-state index in [4.69, 9.17) is 0 Å². The zero-order chi connectivity index (χ0) is 20.0. The highest BCUT2D eigenvalue weighted by molar-refractivity contribution is 5.95. The van der Waals surface area contributed by atoms with Crippen LogP contribution >= 0.6 is 0 Å². The van der Waals surface area contributed by atoms with Crippen molar-refractivity contribution >= 4 is 17.5 Å². The Morgan fingerprint density at radius 3 is 2.44 bits per heavy atom. The molecular formula is C21H32N4O2. The minimum absolute atomic E-state index is 0.0303. The maximum atomic E-state index is 12.8. The lowest BCUT2D eigenvalue weighted by molar-refractivity contribution is -0.123. The summed E-state index contributed by atoms with van der Waals surface area (Å²) in [4.78, 5) is 27.2. The maximum absolute atomic E-state index is 12.8. The third kappa shape index (κ3) is 5.32. The van der Waals surface area contributed by atoms with Crippen LogP contribution in [0.4, 0.5) is 5.69 Å². The molecular weight excluding hydrogens is 340 g/mol. The van der Waals surface area contributed by atoms with Gasteiger partial charge in [-0.2, -0.15) is 0 Å². The molecule has 0 spiro atoms. The molecule has 0 aliphatic carbocycles. The summed E-state index contributed by atoms with van der Waals surface area (Å²) in [6.45, 7) is 10.9. The van der Waals surface area contributed by atoms with E-state index in [0.29, 0.717) is 0 Å². The lowest BCUT2D eigenvalue weighted by Gasteiger charge is -2.35. The normalized spacial score (nSPS) is 18.9. The van der Waals surface area contributed by atoms with Gasteiger partial charge >= 0.3 is 0 Å². The SMILES string of the molecule is C=C([C@@H](NC(=O)[C@H](C)NC)C(C)C)N1CCC[C@H]1C(=O)Nc1ccccc1. The first-order valence-electron chi connectivity index (χ1n) is 9.64. The Morgan fingerprint density at radius 1 is 1.19 bits per heavy atom. The molecule has 27 heavy (non-hydrogen) atoms. The fourth-order valence-electron chi connectivity index (χ4n) is 3.35. The number of amides is 2. The number of anilines is 1. The number of rotatable bonds is 8. The second-order valence-corrected chi connectivity index (χ2v) is 7.44. The number of benzene rings is 1. The molecule has 1 heterocycles. The molecule has 6 nitrogen and oxygen atoms in total. The topological polar surface area (TPSA) is 73.5 Å². The Hall–Kier alpha value is -2.34. The van der Waals surface area contributed by atoms with Crippen LogP contribution in [0.5, 0.6) is 0 Å². The number of nitrogens with zero attached hydrogens (tertiary/aromatic N) is 1. The van der Waals surface area contributed by atoms with E-state index in [2.05, 4.69) is 36.4 Å². The van der Waals surface area contributed by atoms with Crippen LogP contribution in [0.3, 0.4) is 0 Å².